The molecule has 0 unspecified atom stereocenters. The van der Waals surface area contributed by atoms with Crippen molar-refractivity contribution >= 4 is 28.5 Å². The summed E-state index contributed by atoms with van der Waals surface area (Å²) < 4.78 is 14.9. The fourth-order valence-corrected chi connectivity index (χ4v) is 2.89. The van der Waals surface area contributed by atoms with Crippen LogP contribution in [0.2, 0.25) is 0 Å². The highest BCUT2D eigenvalue weighted by Crippen LogP contribution is 2.36. The van der Waals surface area contributed by atoms with Gasteiger partial charge in [0.05, 0.1) is 15.7 Å². The van der Waals surface area contributed by atoms with Crippen molar-refractivity contribution in [2.75, 3.05) is 0 Å². The van der Waals surface area contributed by atoms with Crippen LogP contribution in [0.3, 0.4) is 0 Å². The van der Waals surface area contributed by atoms with Crippen molar-refractivity contribution in [1.29, 1.82) is 0 Å². The number of nitrogens with zero attached hydrogens (tertiary/aromatic N) is 3. The molecule has 0 saturated carbocycles. The molecule has 0 bridgehead atoms. The zero-order valence-corrected chi connectivity index (χ0v) is 15.0. The van der Waals surface area contributed by atoms with E-state index in [2.05, 4.69) is 25.9 Å². The minimum Gasteiger partial charge on any atom is -0.399 e. The highest BCUT2D eigenvalue weighted by atomic mass is 79.9. The maximum atomic E-state index is 6.06. The van der Waals surface area contributed by atoms with E-state index in [0.717, 1.165) is 21.6 Å². The van der Waals surface area contributed by atoms with Crippen LogP contribution in [0.1, 0.15) is 33.5 Å². The molecule has 0 radical (unpaired) electrons. The van der Waals surface area contributed by atoms with Crippen molar-refractivity contribution < 1.29 is 9.31 Å². The van der Waals surface area contributed by atoms with E-state index in [1.165, 1.54) is 0 Å². The van der Waals surface area contributed by atoms with E-state index < -0.39 is 7.12 Å². The minimum absolute atomic E-state index is 0.357. The van der Waals surface area contributed by atoms with Gasteiger partial charge >= 0.3 is 7.12 Å². The van der Waals surface area contributed by atoms with Crippen LogP contribution >= 0.6 is 15.9 Å². The Morgan fingerprint density at radius 3 is 2.27 bits per heavy atom. The lowest BCUT2D eigenvalue weighted by molar-refractivity contribution is 0.00578. The number of imidazole rings is 1. The highest BCUT2D eigenvalue weighted by Gasteiger charge is 2.51. The predicted octanol–water partition coefficient (Wildman–Crippen LogP) is 2.64. The summed E-state index contributed by atoms with van der Waals surface area (Å²) in [7, 11) is -0.410. The van der Waals surface area contributed by atoms with E-state index in [0.29, 0.717) is 0 Å². The van der Waals surface area contributed by atoms with E-state index in [1.807, 2.05) is 51.4 Å². The average molecular weight is 364 g/mol. The molecule has 0 amide bonds. The molecule has 3 rings (SSSR count). The molecule has 7 heteroatoms. The molecule has 0 atom stereocenters. The monoisotopic (exact) mass is 363 g/mol. The second-order valence-electron chi connectivity index (χ2n) is 6.51. The molecule has 0 aliphatic carbocycles. The largest absolute Gasteiger partial charge is 0.496 e. The number of aromatic nitrogens is 3. The lowest BCUT2D eigenvalue weighted by Gasteiger charge is -2.32. The lowest BCUT2D eigenvalue weighted by Crippen LogP contribution is -2.41. The van der Waals surface area contributed by atoms with E-state index >= 15 is 0 Å². The molecular formula is C15H19BBrN3O2. The molecule has 5 nitrogen and oxygen atoms in total. The van der Waals surface area contributed by atoms with Gasteiger partial charge in [0.2, 0.25) is 0 Å². The summed E-state index contributed by atoms with van der Waals surface area (Å²) in [6.07, 6.45) is 5.43. The molecule has 1 aliphatic rings. The van der Waals surface area contributed by atoms with Crippen molar-refractivity contribution in [3.8, 4) is 5.82 Å². The Kier molecular flexibility index (Phi) is 3.70. The van der Waals surface area contributed by atoms with Gasteiger partial charge in [0.25, 0.3) is 0 Å². The SMILES string of the molecule is Cc1nccn1-c1ncc(B2OC(C)(C)C(C)(C)O2)cc1Br. The number of halogens is 1. The molecule has 2 aromatic heterocycles. The van der Waals surface area contributed by atoms with Crippen molar-refractivity contribution in [1.82, 2.24) is 14.5 Å². The molecule has 1 saturated heterocycles. The van der Waals surface area contributed by atoms with Gasteiger partial charge in [-0.1, -0.05) is 0 Å². The number of aryl methyl sites for hydroxylation is 1. The maximum absolute atomic E-state index is 6.06. The zero-order chi connectivity index (χ0) is 16.1. The molecule has 1 fully saturated rings. The zero-order valence-electron chi connectivity index (χ0n) is 13.4. The standard InChI is InChI=1S/C15H19BBrN3O2/c1-10-18-6-7-20(10)13-12(17)8-11(9-19-13)16-21-14(2,3)15(4,5)22-16/h6-9H,1-5H3. The summed E-state index contributed by atoms with van der Waals surface area (Å²) >= 11 is 3.58. The number of hydrogen-bond acceptors (Lipinski definition) is 4. The summed E-state index contributed by atoms with van der Waals surface area (Å²) in [6, 6.07) is 1.99. The Hall–Kier alpha value is -1.18. The summed E-state index contributed by atoms with van der Waals surface area (Å²) in [5.41, 5.74) is 0.181. The van der Waals surface area contributed by atoms with Gasteiger partial charge in [-0.15, -0.1) is 0 Å². The van der Waals surface area contributed by atoms with Crippen LogP contribution in [0, 0.1) is 6.92 Å². The minimum atomic E-state index is -0.410. The van der Waals surface area contributed by atoms with Crippen molar-refractivity contribution in [2.45, 2.75) is 45.8 Å². The van der Waals surface area contributed by atoms with Crippen LogP contribution in [-0.4, -0.2) is 32.9 Å². The Morgan fingerprint density at radius 2 is 1.77 bits per heavy atom. The molecular weight excluding hydrogens is 345 g/mol. The van der Waals surface area contributed by atoms with E-state index in [4.69, 9.17) is 9.31 Å². The average Bonchev–Trinajstić information content (AvgIpc) is 2.91. The van der Waals surface area contributed by atoms with E-state index in [1.54, 1.807) is 12.4 Å². The molecule has 1 aliphatic heterocycles. The quantitative estimate of drug-likeness (QED) is 0.769. The second-order valence-corrected chi connectivity index (χ2v) is 7.36. The van der Waals surface area contributed by atoms with Crippen molar-refractivity contribution in [2.24, 2.45) is 0 Å². The van der Waals surface area contributed by atoms with Crippen LogP contribution < -0.4 is 5.46 Å². The summed E-state index contributed by atoms with van der Waals surface area (Å²) in [6.45, 7) is 10.1. The molecule has 3 heterocycles. The molecule has 2 aromatic rings. The second kappa shape index (κ2) is 5.18. The van der Waals surface area contributed by atoms with E-state index in [-0.39, 0.29) is 11.2 Å². The third kappa shape index (κ3) is 2.51. The number of pyridine rings is 1. The molecule has 116 valence electrons. The van der Waals surface area contributed by atoms with Crippen molar-refractivity contribution in [3.63, 3.8) is 0 Å². The highest BCUT2D eigenvalue weighted by molar-refractivity contribution is 9.10. The number of hydrogen-bond donors (Lipinski definition) is 0. The Morgan fingerprint density at radius 1 is 1.14 bits per heavy atom. The first-order chi connectivity index (χ1) is 10.2. The third-order valence-corrected chi connectivity index (χ3v) is 5.01. The number of rotatable bonds is 2. The van der Waals surface area contributed by atoms with E-state index in [9.17, 15) is 0 Å². The first-order valence-electron chi connectivity index (χ1n) is 7.23. The van der Waals surface area contributed by atoms with Crippen LogP contribution in [0.4, 0.5) is 0 Å². The predicted molar refractivity (Wildman–Crippen MR) is 89.5 cm³/mol. The van der Waals surface area contributed by atoms with Gasteiger partial charge < -0.3 is 9.31 Å². The Balaban J connectivity index is 1.92. The first-order valence-corrected chi connectivity index (χ1v) is 8.02. The van der Waals surface area contributed by atoms with Gasteiger partial charge in [-0.2, -0.15) is 0 Å². The summed E-state index contributed by atoms with van der Waals surface area (Å²) in [5.74, 6) is 1.69. The topological polar surface area (TPSA) is 49.2 Å². The van der Waals surface area contributed by atoms with Gasteiger partial charge in [0, 0.05) is 24.1 Å². The van der Waals surface area contributed by atoms with Gasteiger partial charge in [-0.3, -0.25) is 4.57 Å². The smallest absolute Gasteiger partial charge is 0.399 e. The summed E-state index contributed by atoms with van der Waals surface area (Å²) in [5, 5.41) is 0. The third-order valence-electron chi connectivity index (χ3n) is 4.42. The van der Waals surface area contributed by atoms with Gasteiger partial charge in [-0.05, 0) is 56.6 Å². The van der Waals surface area contributed by atoms with Crippen LogP contribution in [0.15, 0.2) is 29.1 Å². The van der Waals surface area contributed by atoms with Crippen LogP contribution in [0.25, 0.3) is 5.82 Å². The van der Waals surface area contributed by atoms with Crippen LogP contribution in [-0.2, 0) is 9.31 Å². The van der Waals surface area contributed by atoms with Gasteiger partial charge in [0.1, 0.15) is 5.82 Å². The maximum Gasteiger partial charge on any atom is 0.496 e. The Labute approximate surface area is 139 Å². The first kappa shape index (κ1) is 15.7. The lowest BCUT2D eigenvalue weighted by atomic mass is 9.80. The molecule has 0 aromatic carbocycles. The fourth-order valence-electron chi connectivity index (χ4n) is 2.33. The van der Waals surface area contributed by atoms with Crippen LogP contribution in [0.5, 0.6) is 0 Å². The summed E-state index contributed by atoms with van der Waals surface area (Å²) in [4.78, 5) is 8.76. The molecule has 22 heavy (non-hydrogen) atoms. The molecule has 0 N–H and O–H groups in total. The fraction of sp³-hybridized carbons (Fsp3) is 0.467. The van der Waals surface area contributed by atoms with Gasteiger partial charge in [-0.25, -0.2) is 9.97 Å². The van der Waals surface area contributed by atoms with Gasteiger partial charge in [0.15, 0.2) is 5.82 Å². The normalized spacial score (nSPS) is 19.6. The van der Waals surface area contributed by atoms with Crippen molar-refractivity contribution in [3.05, 3.63) is 35.0 Å². The molecule has 0 spiro atoms. The Bertz CT molecular complexity index is 699.